The van der Waals surface area contributed by atoms with Crippen molar-refractivity contribution >= 4 is 11.3 Å². The first kappa shape index (κ1) is 13.6. The largest absolute Gasteiger partial charge is 0.369 e. The van der Waals surface area contributed by atoms with Crippen LogP contribution in [0.4, 0.5) is 5.69 Å². The summed E-state index contributed by atoms with van der Waals surface area (Å²) in [5.41, 5.74) is 9.37. The zero-order valence-electron chi connectivity index (χ0n) is 11.4. The molecule has 0 spiro atoms. The van der Waals surface area contributed by atoms with Crippen molar-refractivity contribution in [2.45, 2.75) is 0 Å². The Morgan fingerprint density at radius 1 is 1.26 bits per heavy atom. The molecule has 4 nitrogen and oxygen atoms in total. The highest BCUT2D eigenvalue weighted by molar-refractivity contribution is 5.74. The summed E-state index contributed by atoms with van der Waals surface area (Å²) in [6, 6.07) is 8.64. The van der Waals surface area contributed by atoms with E-state index in [0.29, 0.717) is 0 Å². The fraction of sp³-hybridized carbons (Fsp3) is 0.333. The van der Waals surface area contributed by atoms with Crippen LogP contribution in [0.25, 0.3) is 5.57 Å². The average molecular weight is 258 g/mol. The van der Waals surface area contributed by atoms with Crippen molar-refractivity contribution in [1.29, 1.82) is 0 Å². The van der Waals surface area contributed by atoms with Crippen LogP contribution >= 0.6 is 0 Å². The molecule has 1 saturated heterocycles. The molecule has 3 N–H and O–H groups in total. The first-order valence-electron chi connectivity index (χ1n) is 6.66. The highest BCUT2D eigenvalue weighted by Crippen LogP contribution is 2.20. The predicted octanol–water partition coefficient (Wildman–Crippen LogP) is 1.35. The molecule has 19 heavy (non-hydrogen) atoms. The van der Waals surface area contributed by atoms with Crippen LogP contribution in [0.1, 0.15) is 5.56 Å². The van der Waals surface area contributed by atoms with Crippen LogP contribution in [0, 0.1) is 0 Å². The second kappa shape index (κ2) is 6.97. The maximum Gasteiger partial charge on any atom is 0.0367 e. The van der Waals surface area contributed by atoms with Gasteiger partial charge in [-0.25, -0.2) is 5.43 Å². The zero-order chi connectivity index (χ0) is 13.5. The first-order chi connectivity index (χ1) is 9.35. The van der Waals surface area contributed by atoms with Gasteiger partial charge in [0.1, 0.15) is 0 Å². The summed E-state index contributed by atoms with van der Waals surface area (Å²) in [6.45, 7) is 8.12. The second-order valence-corrected chi connectivity index (χ2v) is 4.48. The third-order valence-electron chi connectivity index (χ3n) is 3.27. The van der Waals surface area contributed by atoms with Gasteiger partial charge >= 0.3 is 0 Å². The Kier molecular flexibility index (Phi) is 5.01. The van der Waals surface area contributed by atoms with E-state index in [1.807, 2.05) is 19.3 Å². The molecule has 1 aromatic rings. The van der Waals surface area contributed by atoms with Gasteiger partial charge < -0.3 is 15.6 Å². The Bertz CT molecular complexity index is 430. The van der Waals surface area contributed by atoms with E-state index in [9.17, 15) is 0 Å². The molecular weight excluding hydrogens is 236 g/mol. The number of hydrogen-bond donors (Lipinski definition) is 3. The third-order valence-corrected chi connectivity index (χ3v) is 3.27. The zero-order valence-corrected chi connectivity index (χ0v) is 11.4. The molecule has 0 aliphatic carbocycles. The van der Waals surface area contributed by atoms with Gasteiger partial charge in [0, 0.05) is 45.1 Å². The molecule has 1 aromatic carbocycles. The maximum atomic E-state index is 3.85. The van der Waals surface area contributed by atoms with Gasteiger partial charge in [-0.3, -0.25) is 0 Å². The van der Waals surface area contributed by atoms with E-state index in [2.05, 4.69) is 51.9 Å². The summed E-state index contributed by atoms with van der Waals surface area (Å²) in [6.07, 6.45) is 3.76. The molecule has 0 amide bonds. The Morgan fingerprint density at radius 2 is 1.95 bits per heavy atom. The average Bonchev–Trinajstić information content (AvgIpc) is 2.49. The van der Waals surface area contributed by atoms with E-state index in [0.717, 1.165) is 37.3 Å². The highest BCUT2D eigenvalue weighted by atomic mass is 15.3. The van der Waals surface area contributed by atoms with Gasteiger partial charge in [-0.15, -0.1) is 0 Å². The van der Waals surface area contributed by atoms with Crippen molar-refractivity contribution in [3.05, 3.63) is 48.7 Å². The van der Waals surface area contributed by atoms with Crippen molar-refractivity contribution in [1.82, 2.24) is 16.2 Å². The Morgan fingerprint density at radius 3 is 2.53 bits per heavy atom. The van der Waals surface area contributed by atoms with Crippen LogP contribution in [0.2, 0.25) is 0 Å². The molecule has 0 saturated carbocycles. The van der Waals surface area contributed by atoms with Gasteiger partial charge in [-0.1, -0.05) is 24.8 Å². The fourth-order valence-electron chi connectivity index (χ4n) is 2.20. The minimum absolute atomic E-state index is 1.06. The van der Waals surface area contributed by atoms with Gasteiger partial charge in [-0.05, 0) is 23.3 Å². The second-order valence-electron chi connectivity index (χ2n) is 4.48. The van der Waals surface area contributed by atoms with Gasteiger partial charge in [0.15, 0.2) is 0 Å². The standard InChI is InChI=1S/C15H22N4/c1-3-13(12-18-16-2)14-4-6-15(7-5-14)19-10-8-17-9-11-19/h3-7,12,16-18H,1,8-11H2,2H3/b13-12+. The normalized spacial score (nSPS) is 16.3. The highest BCUT2D eigenvalue weighted by Gasteiger charge is 2.10. The molecule has 102 valence electrons. The van der Waals surface area contributed by atoms with Gasteiger partial charge in [0.05, 0.1) is 0 Å². The number of rotatable bonds is 5. The topological polar surface area (TPSA) is 39.3 Å². The molecule has 0 unspecified atom stereocenters. The van der Waals surface area contributed by atoms with Gasteiger partial charge in [0.25, 0.3) is 0 Å². The molecule has 2 rings (SSSR count). The van der Waals surface area contributed by atoms with Crippen molar-refractivity contribution < 1.29 is 0 Å². The summed E-state index contributed by atoms with van der Waals surface area (Å²) in [7, 11) is 1.84. The minimum Gasteiger partial charge on any atom is -0.369 e. The quantitative estimate of drug-likeness (QED) is 0.551. The van der Waals surface area contributed by atoms with Crippen LogP contribution < -0.4 is 21.1 Å². The Hall–Kier alpha value is -1.78. The molecule has 1 fully saturated rings. The summed E-state index contributed by atoms with van der Waals surface area (Å²) >= 11 is 0. The lowest BCUT2D eigenvalue weighted by molar-refractivity contribution is 0.589. The maximum absolute atomic E-state index is 3.85. The van der Waals surface area contributed by atoms with E-state index in [-0.39, 0.29) is 0 Å². The number of allylic oxidation sites excluding steroid dienone is 2. The minimum atomic E-state index is 1.06. The number of nitrogens with zero attached hydrogens (tertiary/aromatic N) is 1. The summed E-state index contributed by atoms with van der Waals surface area (Å²) in [5.74, 6) is 0. The smallest absolute Gasteiger partial charge is 0.0367 e. The monoisotopic (exact) mass is 258 g/mol. The lowest BCUT2D eigenvalue weighted by Crippen LogP contribution is -2.43. The SMILES string of the molecule is C=C/C(=C\NNC)c1ccc(N2CCNCC2)cc1. The van der Waals surface area contributed by atoms with Crippen molar-refractivity contribution in [2.24, 2.45) is 0 Å². The molecule has 0 atom stereocenters. The predicted molar refractivity (Wildman–Crippen MR) is 81.9 cm³/mol. The fourth-order valence-corrected chi connectivity index (χ4v) is 2.20. The summed E-state index contributed by atoms with van der Waals surface area (Å²) in [4.78, 5) is 2.41. The molecule has 1 heterocycles. The van der Waals surface area contributed by atoms with Crippen LogP contribution in [-0.4, -0.2) is 33.2 Å². The number of anilines is 1. The van der Waals surface area contributed by atoms with Crippen LogP contribution in [0.15, 0.2) is 43.1 Å². The van der Waals surface area contributed by atoms with Gasteiger partial charge in [0.2, 0.25) is 0 Å². The molecule has 0 radical (unpaired) electrons. The molecule has 1 aliphatic heterocycles. The number of benzene rings is 1. The number of piperazine rings is 1. The first-order valence-corrected chi connectivity index (χ1v) is 6.66. The van der Waals surface area contributed by atoms with Gasteiger partial charge in [-0.2, -0.15) is 0 Å². The van der Waals surface area contributed by atoms with Crippen LogP contribution in [0.5, 0.6) is 0 Å². The van der Waals surface area contributed by atoms with E-state index >= 15 is 0 Å². The lowest BCUT2D eigenvalue weighted by atomic mass is 10.1. The van der Waals surface area contributed by atoms with Crippen molar-refractivity contribution in [3.8, 4) is 0 Å². The van der Waals surface area contributed by atoms with E-state index in [1.165, 1.54) is 5.69 Å². The summed E-state index contributed by atoms with van der Waals surface area (Å²) < 4.78 is 0. The van der Waals surface area contributed by atoms with Crippen molar-refractivity contribution in [2.75, 3.05) is 38.1 Å². The Balaban J connectivity index is 2.10. The Labute approximate surface area is 115 Å². The molecule has 0 aromatic heterocycles. The number of nitrogens with one attached hydrogen (secondary N) is 3. The van der Waals surface area contributed by atoms with E-state index in [4.69, 9.17) is 0 Å². The van der Waals surface area contributed by atoms with Crippen molar-refractivity contribution in [3.63, 3.8) is 0 Å². The van der Waals surface area contributed by atoms with E-state index in [1.54, 1.807) is 0 Å². The number of hydrogen-bond acceptors (Lipinski definition) is 4. The molecular formula is C15H22N4. The van der Waals surface area contributed by atoms with Crippen LogP contribution in [0.3, 0.4) is 0 Å². The van der Waals surface area contributed by atoms with Crippen LogP contribution in [-0.2, 0) is 0 Å². The lowest BCUT2D eigenvalue weighted by Gasteiger charge is -2.29. The molecule has 1 aliphatic rings. The third kappa shape index (κ3) is 3.59. The molecule has 4 heteroatoms. The van der Waals surface area contributed by atoms with E-state index < -0.39 is 0 Å². The number of hydrazine groups is 1. The molecule has 0 bridgehead atoms. The summed E-state index contributed by atoms with van der Waals surface area (Å²) in [5, 5.41) is 3.37.